The number of aliphatic hydroxyl groups is 1. The molecular weight excluding hydrogens is 320 g/mol. The summed E-state index contributed by atoms with van der Waals surface area (Å²) in [5, 5.41) is 11.1. The summed E-state index contributed by atoms with van der Waals surface area (Å²) in [5.74, 6) is -1.32. The van der Waals surface area contributed by atoms with Gasteiger partial charge in [0.15, 0.2) is 11.6 Å². The molecule has 4 saturated carbocycles. The number of ketones is 3. The third-order valence-corrected chi connectivity index (χ3v) is 8.38. The third kappa shape index (κ3) is 1.42. The van der Waals surface area contributed by atoms with E-state index in [-0.39, 0.29) is 41.9 Å². The van der Waals surface area contributed by atoms with Crippen LogP contribution in [0.2, 0.25) is 0 Å². The minimum Gasteiger partial charge on any atom is -0.384 e. The average Bonchev–Trinajstić information content (AvgIpc) is 2.76. The molecule has 2 saturated heterocycles. The number of hydrogen-bond donors (Lipinski definition) is 1. The smallest absolute Gasteiger partial charge is 0.168 e. The first-order valence-corrected chi connectivity index (χ1v) is 9.29. The van der Waals surface area contributed by atoms with Gasteiger partial charge >= 0.3 is 0 Å². The number of hydrogen-bond acceptors (Lipinski definition) is 5. The highest BCUT2D eigenvalue weighted by Gasteiger charge is 2.79. The van der Waals surface area contributed by atoms with E-state index in [0.29, 0.717) is 24.8 Å². The molecule has 134 valence electrons. The van der Waals surface area contributed by atoms with Gasteiger partial charge in [0.1, 0.15) is 11.9 Å². The molecule has 0 aromatic rings. The number of rotatable bonds is 0. The highest BCUT2D eigenvalue weighted by atomic mass is 16.5. The lowest BCUT2D eigenvalue weighted by molar-refractivity contribution is -0.258. The van der Waals surface area contributed by atoms with Crippen LogP contribution in [-0.4, -0.2) is 41.3 Å². The predicted molar refractivity (Wildman–Crippen MR) is 87.5 cm³/mol. The maximum absolute atomic E-state index is 13.4. The number of allylic oxidation sites excluding steroid dienone is 1. The van der Waals surface area contributed by atoms with Crippen molar-refractivity contribution in [3.8, 4) is 0 Å². The summed E-state index contributed by atoms with van der Waals surface area (Å²) in [6, 6.07) is 0. The summed E-state index contributed by atoms with van der Waals surface area (Å²) < 4.78 is 6.03. The highest BCUT2D eigenvalue weighted by Crippen LogP contribution is 2.71. The van der Waals surface area contributed by atoms with Crippen LogP contribution in [0.15, 0.2) is 12.2 Å². The average molecular weight is 344 g/mol. The molecule has 0 radical (unpaired) electrons. The Labute approximate surface area is 146 Å². The fourth-order valence-corrected chi connectivity index (χ4v) is 7.29. The van der Waals surface area contributed by atoms with Crippen LogP contribution in [0.1, 0.15) is 39.5 Å². The highest BCUT2D eigenvalue weighted by molar-refractivity contribution is 6.10. The van der Waals surface area contributed by atoms with E-state index in [0.717, 1.165) is 6.42 Å². The van der Waals surface area contributed by atoms with E-state index in [9.17, 15) is 19.5 Å². The molecular formula is C20H24O5. The first-order valence-electron chi connectivity index (χ1n) is 9.29. The number of aliphatic hydroxyl groups excluding tert-OH is 1. The number of carbonyl (C=O) groups excluding carboxylic acids is 3. The molecule has 2 spiro atoms. The zero-order chi connectivity index (χ0) is 17.9. The van der Waals surface area contributed by atoms with Gasteiger partial charge in [-0.15, -0.1) is 0 Å². The number of ether oxygens (including phenoxy) is 1. The number of carbonyl (C=O) groups is 3. The van der Waals surface area contributed by atoms with E-state index in [2.05, 4.69) is 6.58 Å². The lowest BCUT2D eigenvalue weighted by atomic mass is 9.38. The second-order valence-corrected chi connectivity index (χ2v) is 9.45. The van der Waals surface area contributed by atoms with Gasteiger partial charge in [-0.2, -0.15) is 0 Å². The second-order valence-electron chi connectivity index (χ2n) is 9.45. The molecule has 6 aliphatic rings. The van der Waals surface area contributed by atoms with E-state index >= 15 is 0 Å². The summed E-state index contributed by atoms with van der Waals surface area (Å²) >= 11 is 0. The Morgan fingerprint density at radius 1 is 1.16 bits per heavy atom. The van der Waals surface area contributed by atoms with Crippen LogP contribution in [0, 0.1) is 34.0 Å². The zero-order valence-corrected chi connectivity index (χ0v) is 14.7. The molecule has 0 aromatic carbocycles. The van der Waals surface area contributed by atoms with Crippen LogP contribution >= 0.6 is 0 Å². The molecule has 0 aromatic heterocycles. The van der Waals surface area contributed by atoms with Crippen molar-refractivity contribution in [3.63, 3.8) is 0 Å². The van der Waals surface area contributed by atoms with E-state index in [1.807, 2.05) is 13.8 Å². The lowest BCUT2D eigenvalue weighted by Gasteiger charge is -2.67. The van der Waals surface area contributed by atoms with Crippen LogP contribution in [0.25, 0.3) is 0 Å². The Balaban J connectivity index is 1.78. The van der Waals surface area contributed by atoms with Gasteiger partial charge in [0.25, 0.3) is 0 Å². The van der Waals surface area contributed by atoms with E-state index in [4.69, 9.17) is 4.74 Å². The first-order chi connectivity index (χ1) is 11.7. The molecule has 0 unspecified atom stereocenters. The molecule has 4 aliphatic carbocycles. The zero-order valence-electron chi connectivity index (χ0n) is 14.7. The Hall–Kier alpha value is -1.33. The van der Waals surface area contributed by atoms with Crippen molar-refractivity contribution in [2.24, 2.45) is 34.0 Å². The fourth-order valence-electron chi connectivity index (χ4n) is 7.29. The molecule has 5 nitrogen and oxygen atoms in total. The van der Waals surface area contributed by atoms with Crippen molar-refractivity contribution in [2.75, 3.05) is 6.61 Å². The molecule has 2 aliphatic heterocycles. The molecule has 7 atom stereocenters. The van der Waals surface area contributed by atoms with Gasteiger partial charge < -0.3 is 9.84 Å². The molecule has 0 amide bonds. The molecule has 1 N–H and O–H groups in total. The maximum Gasteiger partial charge on any atom is 0.168 e. The van der Waals surface area contributed by atoms with Gasteiger partial charge in [0, 0.05) is 17.8 Å². The number of fused-ring (bicyclic) bond motifs is 3. The molecule has 2 heterocycles. The molecule has 25 heavy (non-hydrogen) atoms. The van der Waals surface area contributed by atoms with Gasteiger partial charge in [0.2, 0.25) is 0 Å². The first kappa shape index (κ1) is 15.9. The topological polar surface area (TPSA) is 80.7 Å². The Bertz CT molecular complexity index is 751. The second kappa shape index (κ2) is 4.32. The van der Waals surface area contributed by atoms with Gasteiger partial charge in [-0.3, -0.25) is 14.4 Å². The summed E-state index contributed by atoms with van der Waals surface area (Å²) in [5.41, 5.74) is -2.10. The van der Waals surface area contributed by atoms with Crippen LogP contribution in [0.3, 0.4) is 0 Å². The summed E-state index contributed by atoms with van der Waals surface area (Å²) in [4.78, 5) is 39.7. The van der Waals surface area contributed by atoms with Crippen molar-refractivity contribution in [3.05, 3.63) is 12.2 Å². The van der Waals surface area contributed by atoms with Crippen LogP contribution < -0.4 is 0 Å². The summed E-state index contributed by atoms with van der Waals surface area (Å²) in [7, 11) is 0. The normalized spacial score (nSPS) is 53.0. The van der Waals surface area contributed by atoms with Crippen LogP contribution in [-0.2, 0) is 19.1 Å². The van der Waals surface area contributed by atoms with Crippen molar-refractivity contribution < 1.29 is 24.2 Å². The van der Waals surface area contributed by atoms with Crippen LogP contribution in [0.4, 0.5) is 0 Å². The SMILES string of the molecule is C=C1C(=O)[C@]23C[C@H]1CC[C@H]2[C@]12CO[C@H](CC1=O)C(C)(C)[C@H]2C(=O)[C@H]3O. The van der Waals surface area contributed by atoms with Crippen molar-refractivity contribution in [2.45, 2.75) is 51.7 Å². The summed E-state index contributed by atoms with van der Waals surface area (Å²) in [6.45, 7) is 8.08. The van der Waals surface area contributed by atoms with Gasteiger partial charge in [-0.25, -0.2) is 0 Å². The van der Waals surface area contributed by atoms with Gasteiger partial charge in [-0.1, -0.05) is 20.4 Å². The predicted octanol–water partition coefficient (Wildman–Crippen LogP) is 1.47. The van der Waals surface area contributed by atoms with Crippen molar-refractivity contribution in [1.82, 2.24) is 0 Å². The minimum atomic E-state index is -1.32. The number of Topliss-reactive ketones (excluding diaryl/α,β-unsaturated/α-hetero) is 3. The van der Waals surface area contributed by atoms with Crippen molar-refractivity contribution >= 4 is 17.3 Å². The Kier molecular flexibility index (Phi) is 2.74. The van der Waals surface area contributed by atoms with E-state index in [1.165, 1.54) is 0 Å². The quantitative estimate of drug-likeness (QED) is 0.673. The molecule has 6 fully saturated rings. The van der Waals surface area contributed by atoms with Gasteiger partial charge in [0.05, 0.1) is 23.5 Å². The standard InChI is InChI=1S/C20H24O5/c1-9-10-4-5-11-19(7-10,16(9)23)17(24)14(22)15-18(2,3)13-6-12(21)20(11,15)8-25-13/h10-11,13,15,17,24H,1,4-8H2,2-3H3/t10-,11-,13-,15-,17-,19+,20-/m1/s1. The Morgan fingerprint density at radius 3 is 2.56 bits per heavy atom. The lowest BCUT2D eigenvalue weighted by Crippen LogP contribution is -2.76. The minimum absolute atomic E-state index is 0.0307. The van der Waals surface area contributed by atoms with E-state index in [1.54, 1.807) is 0 Å². The van der Waals surface area contributed by atoms with Crippen LogP contribution in [0.5, 0.6) is 0 Å². The van der Waals surface area contributed by atoms with Crippen molar-refractivity contribution in [1.29, 1.82) is 0 Å². The van der Waals surface area contributed by atoms with Gasteiger partial charge in [-0.05, 0) is 36.7 Å². The third-order valence-electron chi connectivity index (χ3n) is 8.38. The summed E-state index contributed by atoms with van der Waals surface area (Å²) in [6.07, 6.45) is 0.610. The Morgan fingerprint density at radius 2 is 1.88 bits per heavy atom. The molecule has 6 rings (SSSR count). The van der Waals surface area contributed by atoms with E-state index < -0.39 is 28.3 Å². The monoisotopic (exact) mass is 344 g/mol. The maximum atomic E-state index is 13.4. The fraction of sp³-hybridized carbons (Fsp3) is 0.750. The molecule has 4 bridgehead atoms. The molecule has 5 heteroatoms. The largest absolute Gasteiger partial charge is 0.384 e.